The van der Waals surface area contributed by atoms with Crippen LogP contribution in [0.25, 0.3) is 0 Å². The third-order valence-corrected chi connectivity index (χ3v) is 3.93. The van der Waals surface area contributed by atoms with Crippen molar-refractivity contribution in [3.8, 4) is 0 Å². The summed E-state index contributed by atoms with van der Waals surface area (Å²) in [6.45, 7) is 2.01. The van der Waals surface area contributed by atoms with E-state index in [0.29, 0.717) is 19.4 Å². The van der Waals surface area contributed by atoms with Gasteiger partial charge in [-0.2, -0.15) is 0 Å². The number of likely N-dealkylation sites (tertiary alicyclic amines) is 1. The normalized spacial score (nSPS) is 20.1. The molecule has 1 saturated heterocycles. The highest BCUT2D eigenvalue weighted by Crippen LogP contribution is 2.33. The third-order valence-electron chi connectivity index (χ3n) is 3.40. The Morgan fingerprint density at radius 3 is 2.41 bits per heavy atom. The van der Waals surface area contributed by atoms with Crippen LogP contribution < -0.4 is 0 Å². The van der Waals surface area contributed by atoms with Crippen molar-refractivity contribution in [2.75, 3.05) is 19.6 Å². The molecule has 0 saturated carbocycles. The van der Waals surface area contributed by atoms with Gasteiger partial charge in [-0.3, -0.25) is 4.90 Å². The summed E-state index contributed by atoms with van der Waals surface area (Å²) in [5.74, 6) is 0. The molecule has 0 spiro atoms. The van der Waals surface area contributed by atoms with Crippen LogP contribution in [0.15, 0.2) is 28.7 Å². The summed E-state index contributed by atoms with van der Waals surface area (Å²) in [4.78, 5) is 12.5. The van der Waals surface area contributed by atoms with Gasteiger partial charge in [0.05, 0.1) is 12.1 Å². The molecule has 1 N–H and O–H groups in total. The van der Waals surface area contributed by atoms with Gasteiger partial charge in [-0.05, 0) is 30.5 Å². The number of piperidine rings is 1. The number of aliphatic hydroxyl groups is 1. The molecular weight excluding hydrogens is 282 g/mol. The van der Waals surface area contributed by atoms with Crippen molar-refractivity contribution < 1.29 is 9.90 Å². The van der Waals surface area contributed by atoms with Crippen LogP contribution >= 0.6 is 15.9 Å². The van der Waals surface area contributed by atoms with E-state index in [-0.39, 0.29) is 0 Å². The Morgan fingerprint density at radius 1 is 1.29 bits per heavy atom. The first-order valence-electron chi connectivity index (χ1n) is 5.78. The van der Waals surface area contributed by atoms with Gasteiger partial charge in [-0.1, -0.05) is 28.1 Å². The fourth-order valence-electron chi connectivity index (χ4n) is 2.26. The van der Waals surface area contributed by atoms with Gasteiger partial charge < -0.3 is 9.90 Å². The number of halogens is 1. The van der Waals surface area contributed by atoms with Crippen molar-refractivity contribution in [3.05, 3.63) is 34.3 Å². The van der Waals surface area contributed by atoms with Crippen LogP contribution in [0.3, 0.4) is 0 Å². The number of nitrogens with zero attached hydrogens (tertiary/aromatic N) is 1. The van der Waals surface area contributed by atoms with Crippen LogP contribution in [0.1, 0.15) is 18.4 Å². The molecule has 4 heteroatoms. The first kappa shape index (κ1) is 12.7. The van der Waals surface area contributed by atoms with Gasteiger partial charge in [-0.15, -0.1) is 0 Å². The van der Waals surface area contributed by atoms with Crippen LogP contribution in [-0.4, -0.2) is 35.9 Å². The molecule has 1 fully saturated rings. The maximum Gasteiger partial charge on any atom is 0.133 e. The maximum atomic E-state index is 10.6. The summed E-state index contributed by atoms with van der Waals surface area (Å²) in [7, 11) is 0. The molecule has 0 unspecified atom stereocenters. The van der Waals surface area contributed by atoms with Crippen molar-refractivity contribution in [3.63, 3.8) is 0 Å². The topological polar surface area (TPSA) is 40.5 Å². The highest BCUT2D eigenvalue weighted by Gasteiger charge is 2.33. The Bertz CT molecular complexity index is 383. The SMILES string of the molecule is O=CCN1CCC(O)(c2ccc(Br)cc2)CC1. The standard InChI is InChI=1S/C13H16BrNO2/c14-12-3-1-11(2-4-12)13(17)5-7-15(8-6-13)9-10-16/h1-4,10,17H,5-9H2. The van der Waals surface area contributed by atoms with E-state index in [4.69, 9.17) is 0 Å². The van der Waals surface area contributed by atoms with E-state index in [1.165, 1.54) is 0 Å². The number of rotatable bonds is 3. The van der Waals surface area contributed by atoms with Gasteiger partial charge in [0.2, 0.25) is 0 Å². The highest BCUT2D eigenvalue weighted by atomic mass is 79.9. The minimum absolute atomic E-state index is 0.469. The Balaban J connectivity index is 2.06. The molecule has 2 rings (SSSR count). The smallest absolute Gasteiger partial charge is 0.133 e. The monoisotopic (exact) mass is 297 g/mol. The number of carbonyl (C=O) groups is 1. The molecule has 0 aliphatic carbocycles. The van der Waals surface area contributed by atoms with Crippen LogP contribution in [-0.2, 0) is 10.4 Å². The molecule has 1 aliphatic rings. The molecule has 1 aromatic rings. The Hall–Kier alpha value is -0.710. The summed E-state index contributed by atoms with van der Waals surface area (Å²) in [5, 5.41) is 10.6. The minimum Gasteiger partial charge on any atom is -0.385 e. The first-order chi connectivity index (χ1) is 8.14. The molecule has 0 bridgehead atoms. The van der Waals surface area contributed by atoms with Gasteiger partial charge in [0.15, 0.2) is 0 Å². The summed E-state index contributed by atoms with van der Waals surface area (Å²) in [5.41, 5.74) is 0.228. The zero-order chi connectivity index (χ0) is 12.3. The summed E-state index contributed by atoms with van der Waals surface area (Å²) in [6, 6.07) is 7.81. The van der Waals surface area contributed by atoms with Gasteiger partial charge >= 0.3 is 0 Å². The van der Waals surface area contributed by atoms with Crippen molar-refractivity contribution in [1.29, 1.82) is 0 Å². The molecule has 0 aromatic heterocycles. The predicted octanol–water partition coefficient (Wildman–Crippen LogP) is 1.93. The average molecular weight is 298 g/mol. The molecule has 3 nitrogen and oxygen atoms in total. The molecule has 1 aromatic carbocycles. The molecule has 1 aliphatic heterocycles. The van der Waals surface area contributed by atoms with Crippen LogP contribution in [0.2, 0.25) is 0 Å². The number of hydrogen-bond donors (Lipinski definition) is 1. The van der Waals surface area contributed by atoms with Crippen LogP contribution in [0.5, 0.6) is 0 Å². The lowest BCUT2D eigenvalue weighted by molar-refractivity contribution is -0.110. The van der Waals surface area contributed by atoms with Crippen molar-refractivity contribution >= 4 is 22.2 Å². The lowest BCUT2D eigenvalue weighted by atomic mass is 9.84. The fraction of sp³-hybridized carbons (Fsp3) is 0.462. The minimum atomic E-state index is -0.736. The molecule has 0 atom stereocenters. The van der Waals surface area contributed by atoms with Crippen molar-refractivity contribution in [2.45, 2.75) is 18.4 Å². The third kappa shape index (κ3) is 2.94. The number of carbonyl (C=O) groups excluding carboxylic acids is 1. The maximum absolute atomic E-state index is 10.6. The summed E-state index contributed by atoms with van der Waals surface area (Å²) in [6.07, 6.45) is 2.29. The largest absolute Gasteiger partial charge is 0.385 e. The van der Waals surface area contributed by atoms with E-state index in [1.807, 2.05) is 24.3 Å². The molecule has 17 heavy (non-hydrogen) atoms. The molecule has 0 amide bonds. The Morgan fingerprint density at radius 2 is 1.88 bits per heavy atom. The van der Waals surface area contributed by atoms with Crippen LogP contribution in [0.4, 0.5) is 0 Å². The first-order valence-corrected chi connectivity index (χ1v) is 6.58. The number of hydrogen-bond acceptors (Lipinski definition) is 3. The van der Waals surface area contributed by atoms with Gasteiger partial charge in [0.1, 0.15) is 6.29 Å². The lowest BCUT2D eigenvalue weighted by Crippen LogP contribution is -2.43. The van der Waals surface area contributed by atoms with Gasteiger partial charge in [0, 0.05) is 17.6 Å². The van der Waals surface area contributed by atoms with Gasteiger partial charge in [-0.25, -0.2) is 0 Å². The predicted molar refractivity (Wildman–Crippen MR) is 69.8 cm³/mol. The highest BCUT2D eigenvalue weighted by molar-refractivity contribution is 9.10. The second kappa shape index (κ2) is 5.29. The van der Waals surface area contributed by atoms with E-state index in [1.54, 1.807) is 0 Å². The van der Waals surface area contributed by atoms with E-state index < -0.39 is 5.60 Å². The van der Waals surface area contributed by atoms with Crippen molar-refractivity contribution in [2.24, 2.45) is 0 Å². The number of benzene rings is 1. The van der Waals surface area contributed by atoms with E-state index in [0.717, 1.165) is 29.4 Å². The summed E-state index contributed by atoms with van der Waals surface area (Å²) >= 11 is 3.39. The van der Waals surface area contributed by atoms with Crippen LogP contribution in [0, 0.1) is 0 Å². The van der Waals surface area contributed by atoms with E-state index in [9.17, 15) is 9.90 Å². The lowest BCUT2D eigenvalue weighted by Gasteiger charge is -2.37. The Labute approximate surface area is 110 Å². The fourth-order valence-corrected chi connectivity index (χ4v) is 2.52. The summed E-state index contributed by atoms with van der Waals surface area (Å²) < 4.78 is 1.02. The van der Waals surface area contributed by atoms with E-state index >= 15 is 0 Å². The average Bonchev–Trinajstić information content (AvgIpc) is 2.33. The molecule has 92 valence electrons. The number of aldehydes is 1. The van der Waals surface area contributed by atoms with Gasteiger partial charge in [0.25, 0.3) is 0 Å². The quantitative estimate of drug-likeness (QED) is 0.867. The van der Waals surface area contributed by atoms with Crippen molar-refractivity contribution in [1.82, 2.24) is 4.90 Å². The second-order valence-electron chi connectivity index (χ2n) is 4.51. The molecule has 0 radical (unpaired) electrons. The second-order valence-corrected chi connectivity index (χ2v) is 5.42. The Kier molecular flexibility index (Phi) is 3.97. The molecular formula is C13H16BrNO2. The molecule has 1 heterocycles. The zero-order valence-corrected chi connectivity index (χ0v) is 11.2. The van der Waals surface area contributed by atoms with E-state index in [2.05, 4.69) is 20.8 Å². The zero-order valence-electron chi connectivity index (χ0n) is 9.60.